The fourth-order valence-electron chi connectivity index (χ4n) is 1.81. The van der Waals surface area contributed by atoms with Gasteiger partial charge in [0.25, 0.3) is 0 Å². The lowest BCUT2D eigenvalue weighted by Gasteiger charge is -2.22. The Kier molecular flexibility index (Phi) is 5.17. The van der Waals surface area contributed by atoms with Crippen molar-refractivity contribution >= 4 is 34.8 Å². The van der Waals surface area contributed by atoms with Gasteiger partial charge in [0.2, 0.25) is 0 Å². The number of aliphatic hydroxyl groups is 1. The maximum atomic E-state index is 10.3. The summed E-state index contributed by atoms with van der Waals surface area (Å²) in [6.07, 6.45) is -1.38. The molecule has 20 heavy (non-hydrogen) atoms. The van der Waals surface area contributed by atoms with Crippen LogP contribution in [0.15, 0.2) is 42.5 Å². The summed E-state index contributed by atoms with van der Waals surface area (Å²) in [5.41, 5.74) is 0.536. The molecule has 0 saturated carbocycles. The molecule has 0 spiro atoms. The van der Waals surface area contributed by atoms with Crippen LogP contribution in [0.3, 0.4) is 0 Å². The molecule has 2 atom stereocenters. The summed E-state index contributed by atoms with van der Waals surface area (Å²) in [7, 11) is 0. The van der Waals surface area contributed by atoms with E-state index in [0.717, 1.165) is 0 Å². The first-order chi connectivity index (χ1) is 9.47. The van der Waals surface area contributed by atoms with E-state index >= 15 is 0 Å². The fourth-order valence-corrected chi connectivity index (χ4v) is 2.40. The molecule has 2 rings (SSSR count). The number of hydrogen-bond donors (Lipinski definition) is 1. The fraction of sp³-hybridized carbons (Fsp3) is 0.200. The van der Waals surface area contributed by atoms with Crippen LogP contribution in [0.1, 0.15) is 18.6 Å². The average Bonchev–Trinajstić information content (AvgIpc) is 2.40. The minimum absolute atomic E-state index is 0.448. The molecule has 1 N–H and O–H groups in total. The van der Waals surface area contributed by atoms with Crippen LogP contribution >= 0.6 is 34.8 Å². The van der Waals surface area contributed by atoms with Gasteiger partial charge in [0, 0.05) is 20.6 Å². The van der Waals surface area contributed by atoms with Crippen molar-refractivity contribution in [3.8, 4) is 5.75 Å². The zero-order chi connectivity index (χ0) is 14.7. The summed E-state index contributed by atoms with van der Waals surface area (Å²) in [6.45, 7) is 1.75. The normalized spacial score (nSPS) is 13.8. The van der Waals surface area contributed by atoms with Gasteiger partial charge < -0.3 is 9.84 Å². The summed E-state index contributed by atoms with van der Waals surface area (Å²) in [4.78, 5) is 0. The number of aliphatic hydroxyl groups excluding tert-OH is 1. The van der Waals surface area contributed by atoms with Crippen molar-refractivity contribution in [1.29, 1.82) is 0 Å². The Labute approximate surface area is 132 Å². The molecule has 0 bridgehead atoms. The molecular formula is C15H13Cl3O2. The van der Waals surface area contributed by atoms with Crippen LogP contribution in [-0.4, -0.2) is 11.2 Å². The molecule has 5 heteroatoms. The third-order valence-corrected chi connectivity index (χ3v) is 3.65. The quantitative estimate of drug-likeness (QED) is 0.839. The second-order valence-corrected chi connectivity index (χ2v) is 5.67. The van der Waals surface area contributed by atoms with Gasteiger partial charge in [0.15, 0.2) is 0 Å². The van der Waals surface area contributed by atoms with E-state index in [1.807, 2.05) is 0 Å². The number of hydrogen-bond acceptors (Lipinski definition) is 2. The Morgan fingerprint density at radius 2 is 1.70 bits per heavy atom. The molecule has 0 aliphatic rings. The van der Waals surface area contributed by atoms with Crippen molar-refractivity contribution < 1.29 is 9.84 Å². The Morgan fingerprint density at radius 3 is 2.40 bits per heavy atom. The largest absolute Gasteiger partial charge is 0.488 e. The van der Waals surface area contributed by atoms with Gasteiger partial charge in [0.05, 0.1) is 0 Å². The second-order valence-electron chi connectivity index (χ2n) is 4.39. The molecule has 2 nitrogen and oxygen atoms in total. The molecule has 2 unspecified atom stereocenters. The van der Waals surface area contributed by atoms with Crippen molar-refractivity contribution in [1.82, 2.24) is 0 Å². The van der Waals surface area contributed by atoms with E-state index in [1.54, 1.807) is 49.4 Å². The van der Waals surface area contributed by atoms with Gasteiger partial charge in [-0.25, -0.2) is 0 Å². The number of rotatable bonds is 4. The minimum atomic E-state index is -0.889. The lowest BCUT2D eigenvalue weighted by atomic mass is 10.1. The smallest absolute Gasteiger partial charge is 0.126 e. The van der Waals surface area contributed by atoms with Crippen molar-refractivity contribution in [2.24, 2.45) is 0 Å². The molecule has 0 aromatic heterocycles. The van der Waals surface area contributed by atoms with Gasteiger partial charge in [-0.3, -0.25) is 0 Å². The highest BCUT2D eigenvalue weighted by molar-refractivity contribution is 6.33. The number of halogens is 3. The lowest BCUT2D eigenvalue weighted by molar-refractivity contribution is 0.0468. The highest BCUT2D eigenvalue weighted by Crippen LogP contribution is 2.30. The predicted octanol–water partition coefficient (Wildman–Crippen LogP) is 5.15. The Hall–Kier alpha value is -0.930. The van der Waals surface area contributed by atoms with Crippen LogP contribution in [0.5, 0.6) is 5.75 Å². The third-order valence-electron chi connectivity index (χ3n) is 2.84. The molecule has 0 amide bonds. The van der Waals surface area contributed by atoms with E-state index in [4.69, 9.17) is 39.5 Å². The van der Waals surface area contributed by atoms with Crippen LogP contribution in [0.25, 0.3) is 0 Å². The Morgan fingerprint density at radius 1 is 1.00 bits per heavy atom. The SMILES string of the molecule is CC(Oc1cccc(Cl)c1)C(O)c1cc(Cl)ccc1Cl. The molecule has 2 aromatic rings. The van der Waals surface area contributed by atoms with Gasteiger partial charge >= 0.3 is 0 Å². The number of ether oxygens (including phenoxy) is 1. The zero-order valence-corrected chi connectivity index (χ0v) is 13.0. The highest BCUT2D eigenvalue weighted by atomic mass is 35.5. The number of benzene rings is 2. The summed E-state index contributed by atoms with van der Waals surface area (Å²) >= 11 is 17.9. The van der Waals surface area contributed by atoms with Crippen LogP contribution in [0.4, 0.5) is 0 Å². The molecule has 0 aliphatic heterocycles. The van der Waals surface area contributed by atoms with Gasteiger partial charge in [-0.1, -0.05) is 40.9 Å². The molecule has 0 aliphatic carbocycles. The molecule has 0 radical (unpaired) electrons. The van der Waals surface area contributed by atoms with Crippen LogP contribution in [-0.2, 0) is 0 Å². The minimum Gasteiger partial charge on any atom is -0.488 e. The third kappa shape index (κ3) is 3.80. The van der Waals surface area contributed by atoms with Crippen LogP contribution < -0.4 is 4.74 Å². The Bertz CT molecular complexity index is 601. The molecule has 0 heterocycles. The van der Waals surface area contributed by atoms with Gasteiger partial charge in [-0.05, 0) is 43.3 Å². The topological polar surface area (TPSA) is 29.5 Å². The van der Waals surface area contributed by atoms with E-state index in [-0.39, 0.29) is 0 Å². The van der Waals surface area contributed by atoms with Crippen molar-refractivity contribution in [2.75, 3.05) is 0 Å². The summed E-state index contributed by atoms with van der Waals surface area (Å²) < 4.78 is 5.67. The molecule has 0 fully saturated rings. The first kappa shape index (κ1) is 15.5. The van der Waals surface area contributed by atoms with E-state index in [9.17, 15) is 5.11 Å². The van der Waals surface area contributed by atoms with Gasteiger partial charge in [-0.15, -0.1) is 0 Å². The van der Waals surface area contributed by atoms with Crippen LogP contribution in [0, 0.1) is 0 Å². The Balaban J connectivity index is 2.16. The van der Waals surface area contributed by atoms with Gasteiger partial charge in [-0.2, -0.15) is 0 Å². The summed E-state index contributed by atoms with van der Waals surface area (Å²) in [6, 6.07) is 11.9. The molecule has 0 saturated heterocycles. The molecule has 2 aromatic carbocycles. The summed E-state index contributed by atoms with van der Waals surface area (Å²) in [5, 5.41) is 11.9. The first-order valence-corrected chi connectivity index (χ1v) is 7.16. The van der Waals surface area contributed by atoms with Crippen LogP contribution in [0.2, 0.25) is 15.1 Å². The predicted molar refractivity (Wildman–Crippen MR) is 83.0 cm³/mol. The van der Waals surface area contributed by atoms with Crippen molar-refractivity contribution in [2.45, 2.75) is 19.1 Å². The molecular weight excluding hydrogens is 319 g/mol. The zero-order valence-electron chi connectivity index (χ0n) is 10.7. The van der Waals surface area contributed by atoms with Gasteiger partial charge in [0.1, 0.15) is 18.0 Å². The van der Waals surface area contributed by atoms with E-state index < -0.39 is 12.2 Å². The maximum Gasteiger partial charge on any atom is 0.126 e. The van der Waals surface area contributed by atoms with E-state index in [0.29, 0.717) is 26.4 Å². The second kappa shape index (κ2) is 6.68. The standard InChI is InChI=1S/C15H13Cl3O2/c1-9(20-12-4-2-3-10(16)7-12)15(19)13-8-11(17)5-6-14(13)18/h2-9,15,19H,1H3. The van der Waals surface area contributed by atoms with Crippen molar-refractivity contribution in [3.05, 3.63) is 63.1 Å². The maximum absolute atomic E-state index is 10.3. The summed E-state index contributed by atoms with van der Waals surface area (Å²) in [5.74, 6) is 0.585. The highest BCUT2D eigenvalue weighted by Gasteiger charge is 2.21. The first-order valence-electron chi connectivity index (χ1n) is 6.02. The molecule has 106 valence electrons. The lowest BCUT2D eigenvalue weighted by Crippen LogP contribution is -2.22. The monoisotopic (exact) mass is 330 g/mol. The van der Waals surface area contributed by atoms with E-state index in [1.165, 1.54) is 0 Å². The van der Waals surface area contributed by atoms with E-state index in [2.05, 4.69) is 0 Å². The van der Waals surface area contributed by atoms with Crippen molar-refractivity contribution in [3.63, 3.8) is 0 Å². The average molecular weight is 332 g/mol.